The number of Topliss-reactive ketones (excluding diaryl/α,β-unsaturated/α-hetero) is 1. The van der Waals surface area contributed by atoms with Gasteiger partial charge in [0.1, 0.15) is 17.8 Å². The van der Waals surface area contributed by atoms with E-state index >= 15 is 0 Å². The van der Waals surface area contributed by atoms with Crippen LogP contribution in [0.5, 0.6) is 0 Å². The van der Waals surface area contributed by atoms with Crippen molar-refractivity contribution in [3.63, 3.8) is 0 Å². The van der Waals surface area contributed by atoms with Crippen LogP contribution in [-0.2, 0) is 4.79 Å². The van der Waals surface area contributed by atoms with Crippen molar-refractivity contribution in [3.8, 4) is 0 Å². The van der Waals surface area contributed by atoms with E-state index in [0.717, 1.165) is 6.42 Å². The standard InChI is InChI=1S/C20H28O4/c1-9-6-12-14-13(18(14,4)5)7-11(3)19(17(12)23)8-10(2)16(22)20(19,24)15(9)21/h6,8,11-16,21-22,24H,7H2,1-5H3/t11-,12?,13?,14?,15?,16?,19?,20?/m1/s1. The van der Waals surface area contributed by atoms with E-state index in [-0.39, 0.29) is 29.0 Å². The van der Waals surface area contributed by atoms with Gasteiger partial charge in [-0.25, -0.2) is 0 Å². The predicted molar refractivity (Wildman–Crippen MR) is 89.9 cm³/mol. The molecule has 2 bridgehead atoms. The molecule has 4 nitrogen and oxygen atoms in total. The van der Waals surface area contributed by atoms with Gasteiger partial charge in [-0.15, -0.1) is 0 Å². The van der Waals surface area contributed by atoms with E-state index in [9.17, 15) is 20.1 Å². The van der Waals surface area contributed by atoms with E-state index in [0.29, 0.717) is 17.1 Å². The van der Waals surface area contributed by atoms with Crippen molar-refractivity contribution in [2.75, 3.05) is 0 Å². The molecule has 8 atom stereocenters. The Morgan fingerprint density at radius 3 is 2.33 bits per heavy atom. The molecule has 2 fully saturated rings. The maximum absolute atomic E-state index is 13.7. The number of hydrogen-bond acceptors (Lipinski definition) is 4. The second-order valence-electron chi connectivity index (χ2n) is 9.28. The van der Waals surface area contributed by atoms with Crippen LogP contribution in [0.4, 0.5) is 0 Å². The molecule has 0 aliphatic heterocycles. The van der Waals surface area contributed by atoms with E-state index in [1.54, 1.807) is 19.9 Å². The Hall–Kier alpha value is -0.970. The molecule has 0 saturated heterocycles. The van der Waals surface area contributed by atoms with Crippen LogP contribution in [0.15, 0.2) is 23.3 Å². The van der Waals surface area contributed by atoms with Gasteiger partial charge in [-0.2, -0.15) is 0 Å². The molecule has 2 saturated carbocycles. The summed E-state index contributed by atoms with van der Waals surface area (Å²) in [5, 5.41) is 33.2. The van der Waals surface area contributed by atoms with Crippen molar-refractivity contribution in [2.45, 2.75) is 58.8 Å². The highest BCUT2D eigenvalue weighted by molar-refractivity contribution is 5.95. The summed E-state index contributed by atoms with van der Waals surface area (Å²) in [6.07, 6.45) is 2.01. The molecule has 3 N–H and O–H groups in total. The van der Waals surface area contributed by atoms with Gasteiger partial charge < -0.3 is 15.3 Å². The van der Waals surface area contributed by atoms with Gasteiger partial charge in [0.2, 0.25) is 0 Å². The van der Waals surface area contributed by atoms with Crippen molar-refractivity contribution in [2.24, 2.45) is 34.5 Å². The van der Waals surface area contributed by atoms with Gasteiger partial charge in [-0.3, -0.25) is 4.79 Å². The van der Waals surface area contributed by atoms with Crippen molar-refractivity contribution in [1.82, 2.24) is 0 Å². The molecule has 7 unspecified atom stereocenters. The normalized spacial score (nSPS) is 54.9. The third kappa shape index (κ3) is 1.50. The number of carbonyl (C=O) groups excluding carboxylic acids is 1. The van der Waals surface area contributed by atoms with Crippen LogP contribution in [0.25, 0.3) is 0 Å². The highest BCUT2D eigenvalue weighted by atomic mass is 16.4. The van der Waals surface area contributed by atoms with Gasteiger partial charge in [0.15, 0.2) is 5.78 Å². The predicted octanol–water partition coefficient (Wildman–Crippen LogP) is 1.84. The van der Waals surface area contributed by atoms with Gasteiger partial charge in [-0.1, -0.05) is 32.9 Å². The number of allylic oxidation sites excluding steroid dienone is 1. The molecule has 0 amide bonds. The minimum absolute atomic E-state index is 0.0256. The number of rotatable bonds is 0. The Bertz CT molecular complexity index is 690. The summed E-state index contributed by atoms with van der Waals surface area (Å²) in [5.41, 5.74) is -1.80. The van der Waals surface area contributed by atoms with E-state index < -0.39 is 23.2 Å². The lowest BCUT2D eigenvalue weighted by atomic mass is 9.59. The van der Waals surface area contributed by atoms with Gasteiger partial charge >= 0.3 is 0 Å². The fourth-order valence-corrected chi connectivity index (χ4v) is 6.41. The highest BCUT2D eigenvalue weighted by Gasteiger charge is 2.75. The monoisotopic (exact) mass is 332 g/mol. The maximum atomic E-state index is 13.7. The number of aliphatic hydroxyl groups excluding tert-OH is 2. The van der Waals surface area contributed by atoms with Crippen molar-refractivity contribution >= 4 is 5.78 Å². The second-order valence-corrected chi connectivity index (χ2v) is 9.28. The average molecular weight is 332 g/mol. The molecule has 0 aromatic heterocycles. The Morgan fingerprint density at radius 2 is 1.71 bits per heavy atom. The lowest BCUT2D eigenvalue weighted by Crippen LogP contribution is -2.64. The van der Waals surface area contributed by atoms with E-state index in [4.69, 9.17) is 0 Å². The molecule has 0 radical (unpaired) electrons. The first kappa shape index (κ1) is 16.5. The smallest absolute Gasteiger partial charge is 0.153 e. The quantitative estimate of drug-likeness (QED) is 0.592. The zero-order valence-corrected chi connectivity index (χ0v) is 15.1. The lowest BCUT2D eigenvalue weighted by molar-refractivity contribution is -0.189. The fraction of sp³-hybridized carbons (Fsp3) is 0.750. The second kappa shape index (κ2) is 4.40. The molecule has 4 aliphatic carbocycles. The maximum Gasteiger partial charge on any atom is 0.153 e. The Kier molecular flexibility index (Phi) is 3.03. The van der Waals surface area contributed by atoms with Gasteiger partial charge in [0.25, 0.3) is 0 Å². The van der Waals surface area contributed by atoms with Crippen molar-refractivity contribution in [1.29, 1.82) is 0 Å². The number of fused-ring (bicyclic) bond motifs is 3. The van der Waals surface area contributed by atoms with Crippen LogP contribution in [0.2, 0.25) is 0 Å². The topological polar surface area (TPSA) is 77.8 Å². The highest BCUT2D eigenvalue weighted by Crippen LogP contribution is 2.71. The largest absolute Gasteiger partial charge is 0.386 e. The summed E-state index contributed by atoms with van der Waals surface area (Å²) in [7, 11) is 0. The molecule has 0 aromatic carbocycles. The zero-order valence-electron chi connectivity index (χ0n) is 15.1. The van der Waals surface area contributed by atoms with Crippen molar-refractivity contribution in [3.05, 3.63) is 23.3 Å². The van der Waals surface area contributed by atoms with Crippen LogP contribution >= 0.6 is 0 Å². The van der Waals surface area contributed by atoms with Crippen LogP contribution in [-0.4, -0.2) is 38.9 Å². The first-order chi connectivity index (χ1) is 11.0. The Balaban J connectivity index is 1.99. The molecular weight excluding hydrogens is 304 g/mol. The number of aliphatic hydroxyl groups is 3. The van der Waals surface area contributed by atoms with Crippen LogP contribution in [0.1, 0.15) is 41.0 Å². The Morgan fingerprint density at radius 1 is 1.12 bits per heavy atom. The van der Waals surface area contributed by atoms with E-state index in [2.05, 4.69) is 13.8 Å². The first-order valence-electron chi connectivity index (χ1n) is 9.01. The molecular formula is C20H28O4. The summed E-state index contributed by atoms with van der Waals surface area (Å²) < 4.78 is 0. The summed E-state index contributed by atoms with van der Waals surface area (Å²) in [4.78, 5) is 13.7. The average Bonchev–Trinajstić information content (AvgIpc) is 3.01. The molecule has 132 valence electrons. The van der Waals surface area contributed by atoms with Crippen LogP contribution in [0.3, 0.4) is 0 Å². The third-order valence-corrected chi connectivity index (χ3v) is 7.88. The summed E-state index contributed by atoms with van der Waals surface area (Å²) in [6.45, 7) is 9.91. The fourth-order valence-electron chi connectivity index (χ4n) is 6.41. The van der Waals surface area contributed by atoms with Gasteiger partial charge in [-0.05, 0) is 54.6 Å². The molecule has 4 aliphatic rings. The first-order valence-corrected chi connectivity index (χ1v) is 9.01. The summed E-state index contributed by atoms with van der Waals surface area (Å²) in [6, 6.07) is 0. The number of carbonyl (C=O) groups is 1. The molecule has 0 aromatic rings. The summed E-state index contributed by atoms with van der Waals surface area (Å²) >= 11 is 0. The lowest BCUT2D eigenvalue weighted by Gasteiger charge is -2.48. The minimum Gasteiger partial charge on any atom is -0.386 e. The van der Waals surface area contributed by atoms with Crippen LogP contribution < -0.4 is 0 Å². The minimum atomic E-state index is -1.87. The molecule has 4 heteroatoms. The molecule has 24 heavy (non-hydrogen) atoms. The van der Waals surface area contributed by atoms with Crippen LogP contribution in [0, 0.1) is 34.5 Å². The van der Waals surface area contributed by atoms with E-state index in [1.165, 1.54) is 0 Å². The summed E-state index contributed by atoms with van der Waals surface area (Å²) in [5.74, 6) is 0.240. The zero-order chi connectivity index (χ0) is 17.8. The van der Waals surface area contributed by atoms with Gasteiger partial charge in [0, 0.05) is 5.92 Å². The van der Waals surface area contributed by atoms with Crippen molar-refractivity contribution < 1.29 is 20.1 Å². The Labute approximate surface area is 143 Å². The molecule has 4 rings (SSSR count). The third-order valence-electron chi connectivity index (χ3n) is 7.88. The molecule has 1 spiro atoms. The molecule has 0 heterocycles. The number of hydrogen-bond donors (Lipinski definition) is 3. The number of ketones is 1. The van der Waals surface area contributed by atoms with Gasteiger partial charge in [0.05, 0.1) is 5.41 Å². The SMILES string of the molecule is CC1=CC2C(=O)C3(C=C(C)C(O)C3(O)C1O)[C@H](C)CC1C2C1(C)C. The van der Waals surface area contributed by atoms with E-state index in [1.807, 2.05) is 13.0 Å².